The van der Waals surface area contributed by atoms with E-state index < -0.39 is 0 Å². The van der Waals surface area contributed by atoms with Crippen LogP contribution in [0.15, 0.2) is 127 Å². The minimum Gasteiger partial charge on any atom is -0.509 e. The van der Waals surface area contributed by atoms with Crippen LogP contribution >= 0.6 is 0 Å². The smallest absolute Gasteiger partial charge is 0.135 e. The van der Waals surface area contributed by atoms with Gasteiger partial charge in [-0.2, -0.15) is 6.07 Å². The van der Waals surface area contributed by atoms with Crippen LogP contribution < -0.4 is 14.5 Å². The first-order valence-electron chi connectivity index (χ1n) is 22.0. The monoisotopic (exact) mass is 1010 g/mol. The van der Waals surface area contributed by atoms with Crippen LogP contribution in [0.2, 0.25) is 0 Å². The van der Waals surface area contributed by atoms with Crippen molar-refractivity contribution in [2.45, 2.75) is 119 Å². The summed E-state index contributed by atoms with van der Waals surface area (Å²) in [5, 5.41) is 2.27. The van der Waals surface area contributed by atoms with Crippen molar-refractivity contribution >= 4 is 33.2 Å². The first-order chi connectivity index (χ1) is 29.0. The Kier molecular flexibility index (Phi) is 12.0. The molecule has 0 unspecified atom stereocenters. The van der Waals surface area contributed by atoms with Gasteiger partial charge in [0.15, 0.2) is 0 Å². The summed E-state index contributed by atoms with van der Waals surface area (Å²) in [6.45, 7) is 33.8. The molecule has 0 radical (unpaired) electrons. The zero-order valence-electron chi connectivity index (χ0n) is 39.6. The Morgan fingerprint density at radius 3 is 1.81 bits per heavy atom. The summed E-state index contributed by atoms with van der Waals surface area (Å²) in [6, 6.07) is 46.9. The molecule has 3 heterocycles. The molecule has 63 heavy (non-hydrogen) atoms. The summed E-state index contributed by atoms with van der Waals surface area (Å²) in [6.07, 6.45) is 4.17. The molecule has 1 aliphatic rings. The molecule has 8 rings (SSSR count). The van der Waals surface area contributed by atoms with Crippen LogP contribution in [0.25, 0.3) is 27.6 Å². The second-order valence-corrected chi connectivity index (χ2v) is 21.7. The Labute approximate surface area is 391 Å². The van der Waals surface area contributed by atoms with E-state index in [1.54, 1.807) is 0 Å². The fourth-order valence-corrected chi connectivity index (χ4v) is 8.35. The van der Waals surface area contributed by atoms with E-state index in [2.05, 4.69) is 239 Å². The summed E-state index contributed by atoms with van der Waals surface area (Å²) in [5.41, 5.74) is 10.9. The van der Waals surface area contributed by atoms with Gasteiger partial charge in [-0.15, -0.1) is 53.6 Å². The van der Waals surface area contributed by atoms with Crippen molar-refractivity contribution in [3.8, 4) is 17.3 Å². The van der Waals surface area contributed by atoms with E-state index >= 15 is 0 Å². The fourth-order valence-electron chi connectivity index (χ4n) is 8.35. The minimum atomic E-state index is -0.337. The molecule has 5 aromatic carbocycles. The molecule has 0 N–H and O–H groups in total. The predicted molar refractivity (Wildman–Crippen MR) is 261 cm³/mol. The van der Waals surface area contributed by atoms with E-state index in [1.807, 2.05) is 12.3 Å². The van der Waals surface area contributed by atoms with Crippen molar-refractivity contribution < 1.29 is 25.8 Å². The van der Waals surface area contributed by atoms with Gasteiger partial charge in [0, 0.05) is 61.1 Å². The van der Waals surface area contributed by atoms with Crippen LogP contribution in [0.3, 0.4) is 0 Å². The van der Waals surface area contributed by atoms with Crippen molar-refractivity contribution in [1.29, 1.82) is 0 Å². The summed E-state index contributed by atoms with van der Waals surface area (Å²) < 4.78 is 9.17. The van der Waals surface area contributed by atoms with E-state index in [1.165, 1.54) is 33.3 Å². The number of fused-ring (bicyclic) bond motifs is 3. The maximum Gasteiger partial charge on any atom is 0.135 e. The van der Waals surface area contributed by atoms with Crippen LogP contribution in [0.1, 0.15) is 125 Å². The Balaban J connectivity index is 0.00000595. The number of aromatic nitrogens is 2. The molecule has 0 saturated carbocycles. The molecule has 0 aliphatic carbocycles. The van der Waals surface area contributed by atoms with Crippen LogP contribution in [0.4, 0.5) is 11.4 Å². The van der Waals surface area contributed by atoms with Gasteiger partial charge in [0.25, 0.3) is 0 Å². The van der Waals surface area contributed by atoms with Crippen molar-refractivity contribution in [3.63, 3.8) is 0 Å². The molecule has 0 spiro atoms. The summed E-state index contributed by atoms with van der Waals surface area (Å²) in [7, 11) is 0. The second kappa shape index (κ2) is 16.5. The summed E-state index contributed by atoms with van der Waals surface area (Å²) in [4.78, 5) is 9.45. The van der Waals surface area contributed by atoms with E-state index in [4.69, 9.17) is 9.72 Å². The van der Waals surface area contributed by atoms with Gasteiger partial charge in [-0.1, -0.05) is 157 Å². The van der Waals surface area contributed by atoms with Crippen LogP contribution in [0.5, 0.6) is 11.5 Å². The second-order valence-electron chi connectivity index (χ2n) is 21.7. The van der Waals surface area contributed by atoms with Gasteiger partial charge >= 0.3 is 0 Å². The van der Waals surface area contributed by atoms with Crippen LogP contribution in [-0.4, -0.2) is 9.55 Å². The standard InChI is InChI=1S/C57H63N4O.Pt/c1-53(2,3)38-20-23-43(24-21-38)60-37-59(36-51(60)56(10,11)12)44-30-42(57(13,14)39-18-16-15-17-19-39)31-46(34-44)62-45-25-26-47-48-32-40(54(4,5)6)22-27-49(48)61(50(47)35-45)52-33-41(28-29-58-52)55(7,8)9;/h15-33,36-37H,1-14H3;/q-3;. The van der Waals surface area contributed by atoms with Gasteiger partial charge in [-0.05, 0) is 85.8 Å². The van der Waals surface area contributed by atoms with E-state index in [9.17, 15) is 0 Å². The maximum atomic E-state index is 6.93. The fraction of sp³-hybridized carbons (Fsp3) is 0.333. The summed E-state index contributed by atoms with van der Waals surface area (Å²) in [5.74, 6) is 2.09. The molecule has 7 aromatic rings. The molecule has 0 amide bonds. The predicted octanol–water partition coefficient (Wildman–Crippen LogP) is 15.1. The van der Waals surface area contributed by atoms with Crippen molar-refractivity contribution in [2.24, 2.45) is 5.41 Å². The van der Waals surface area contributed by atoms with Crippen LogP contribution in [-0.2, 0) is 42.7 Å². The van der Waals surface area contributed by atoms with Crippen molar-refractivity contribution in [3.05, 3.63) is 174 Å². The van der Waals surface area contributed by atoms with Crippen LogP contribution in [0, 0.1) is 24.2 Å². The quantitative estimate of drug-likeness (QED) is 0.149. The molecule has 2 aromatic heterocycles. The number of hydrogen-bond acceptors (Lipinski definition) is 4. The number of ether oxygens (including phenoxy) is 1. The third-order valence-electron chi connectivity index (χ3n) is 12.4. The Bertz CT molecular complexity index is 2800. The molecule has 1 aliphatic heterocycles. The Morgan fingerprint density at radius 2 is 1.17 bits per heavy atom. The van der Waals surface area contributed by atoms with Gasteiger partial charge in [0.1, 0.15) is 5.82 Å². The molecule has 0 saturated heterocycles. The summed E-state index contributed by atoms with van der Waals surface area (Å²) >= 11 is 0. The number of pyridine rings is 1. The van der Waals surface area contributed by atoms with E-state index in [0.29, 0.717) is 11.5 Å². The Hall–Kier alpha value is -5.12. The zero-order valence-corrected chi connectivity index (χ0v) is 41.9. The number of rotatable bonds is 7. The molecule has 330 valence electrons. The number of benzene rings is 5. The van der Waals surface area contributed by atoms with Gasteiger partial charge in [0.2, 0.25) is 0 Å². The third kappa shape index (κ3) is 9.14. The molecular formula is C57H63N4OPt-3. The van der Waals surface area contributed by atoms with Gasteiger partial charge in [-0.3, -0.25) is 0 Å². The first-order valence-corrected chi connectivity index (χ1v) is 22.0. The molecule has 0 bridgehead atoms. The van der Waals surface area contributed by atoms with E-state index in [0.717, 1.165) is 39.2 Å². The third-order valence-corrected chi connectivity index (χ3v) is 12.4. The molecule has 5 nitrogen and oxygen atoms in total. The Morgan fingerprint density at radius 1 is 0.540 bits per heavy atom. The number of allylic oxidation sites excluding steroid dienone is 1. The minimum absolute atomic E-state index is 0. The molecular weight excluding hydrogens is 952 g/mol. The topological polar surface area (TPSA) is 33.5 Å². The van der Waals surface area contributed by atoms with Gasteiger partial charge < -0.3 is 19.1 Å². The largest absolute Gasteiger partial charge is 0.509 e. The SMILES string of the molecule is CC(C)(C)C1=CN(c2[c-]c(Oc3[c-]c4c(cc3)c3cc(C(C)(C)C)ccc3n4-c3cc(C(C)(C)C)ccn3)cc(C(C)(C)c3ccccc3)c2)[CH-]N1c1ccc(C(C)(C)C)cc1.[Pt]. The average molecular weight is 1020 g/mol. The number of hydrogen-bond donors (Lipinski definition) is 0. The average Bonchev–Trinajstić information content (AvgIpc) is 3.81. The molecule has 6 heteroatoms. The van der Waals surface area contributed by atoms with Gasteiger partial charge in [0.05, 0.1) is 0 Å². The maximum absolute atomic E-state index is 6.93. The first kappa shape index (κ1) is 45.9. The number of nitrogens with zero attached hydrogens (tertiary/aromatic N) is 4. The van der Waals surface area contributed by atoms with Gasteiger partial charge in [-0.25, -0.2) is 4.98 Å². The molecule has 0 fully saturated rings. The zero-order chi connectivity index (χ0) is 44.6. The van der Waals surface area contributed by atoms with Crippen molar-refractivity contribution in [1.82, 2.24) is 9.55 Å². The van der Waals surface area contributed by atoms with E-state index in [-0.39, 0.29) is 48.1 Å². The number of anilines is 2. The van der Waals surface area contributed by atoms with Crippen molar-refractivity contribution in [2.75, 3.05) is 9.80 Å². The normalized spacial score (nSPS) is 14.0. The molecule has 0 atom stereocenters.